The van der Waals surface area contributed by atoms with Gasteiger partial charge < -0.3 is 9.84 Å². The van der Waals surface area contributed by atoms with Crippen LogP contribution in [0.25, 0.3) is 5.57 Å². The zero-order valence-electron chi connectivity index (χ0n) is 11.8. The number of methoxy groups -OCH3 is 1. The van der Waals surface area contributed by atoms with Gasteiger partial charge in [0.25, 0.3) is 0 Å². The van der Waals surface area contributed by atoms with Crippen molar-refractivity contribution in [3.05, 3.63) is 71.0 Å². The molecule has 2 aromatic rings. The predicted molar refractivity (Wildman–Crippen MR) is 81.4 cm³/mol. The standard InChI is InChI=1S/C18H16O3/c1-21-17-9-5-3-7-13(17)11-16(20)18-14-8-4-2-6-12(14)10-15(18)19/h2-9,20H,10-11H2,1H3. The van der Waals surface area contributed by atoms with Crippen molar-refractivity contribution in [2.24, 2.45) is 0 Å². The minimum absolute atomic E-state index is 0.0244. The summed E-state index contributed by atoms with van der Waals surface area (Å²) in [6.07, 6.45) is 0.654. The highest BCUT2D eigenvalue weighted by Gasteiger charge is 2.27. The van der Waals surface area contributed by atoms with Crippen LogP contribution < -0.4 is 4.74 Å². The van der Waals surface area contributed by atoms with E-state index in [1.54, 1.807) is 7.11 Å². The largest absolute Gasteiger partial charge is 0.511 e. The van der Waals surface area contributed by atoms with Crippen molar-refractivity contribution >= 4 is 11.4 Å². The third-order valence-electron chi connectivity index (χ3n) is 3.76. The molecule has 106 valence electrons. The zero-order valence-corrected chi connectivity index (χ0v) is 11.8. The lowest BCUT2D eigenvalue weighted by molar-refractivity contribution is -0.112. The normalized spacial score (nSPS) is 15.8. The fraction of sp³-hybridized carbons (Fsp3) is 0.167. The van der Waals surface area contributed by atoms with E-state index in [2.05, 4.69) is 0 Å². The topological polar surface area (TPSA) is 46.5 Å². The van der Waals surface area contributed by atoms with Crippen molar-refractivity contribution in [1.82, 2.24) is 0 Å². The Labute approximate surface area is 123 Å². The third kappa shape index (κ3) is 2.42. The quantitative estimate of drug-likeness (QED) is 0.693. The first-order chi connectivity index (χ1) is 10.2. The SMILES string of the molecule is COc1ccccc1CC(O)=C1C(=O)Cc2ccccc21. The summed E-state index contributed by atoms with van der Waals surface area (Å²) in [5.74, 6) is 0.793. The highest BCUT2D eigenvalue weighted by Crippen LogP contribution is 2.33. The minimum atomic E-state index is -0.0244. The molecule has 3 rings (SSSR count). The molecule has 0 radical (unpaired) electrons. The first-order valence-corrected chi connectivity index (χ1v) is 6.86. The number of Topliss-reactive ketones (excluding diaryl/α,β-unsaturated/α-hetero) is 1. The van der Waals surface area contributed by atoms with Gasteiger partial charge in [0, 0.05) is 18.4 Å². The van der Waals surface area contributed by atoms with E-state index in [1.165, 1.54) is 0 Å². The number of hydrogen-bond donors (Lipinski definition) is 1. The molecule has 0 bridgehead atoms. The lowest BCUT2D eigenvalue weighted by Gasteiger charge is -2.09. The average molecular weight is 280 g/mol. The Balaban J connectivity index is 2.01. The summed E-state index contributed by atoms with van der Waals surface area (Å²) in [4.78, 5) is 12.2. The molecular weight excluding hydrogens is 264 g/mol. The maximum absolute atomic E-state index is 12.2. The number of ether oxygens (including phenoxy) is 1. The van der Waals surface area contributed by atoms with Gasteiger partial charge >= 0.3 is 0 Å². The number of benzene rings is 2. The monoisotopic (exact) mass is 280 g/mol. The number of aliphatic hydroxyl groups is 1. The number of carbonyl (C=O) groups is 1. The van der Waals surface area contributed by atoms with Crippen molar-refractivity contribution in [3.8, 4) is 5.75 Å². The minimum Gasteiger partial charge on any atom is -0.511 e. The average Bonchev–Trinajstić information content (AvgIpc) is 2.83. The molecule has 0 amide bonds. The van der Waals surface area contributed by atoms with Crippen LogP contribution in [0.15, 0.2) is 54.3 Å². The molecule has 2 aromatic carbocycles. The maximum atomic E-state index is 12.2. The molecule has 1 aliphatic carbocycles. The van der Waals surface area contributed by atoms with E-state index in [0.29, 0.717) is 24.2 Å². The number of aliphatic hydroxyl groups excluding tert-OH is 1. The summed E-state index contributed by atoms with van der Waals surface area (Å²) in [7, 11) is 1.60. The fourth-order valence-electron chi connectivity index (χ4n) is 2.76. The van der Waals surface area contributed by atoms with E-state index in [-0.39, 0.29) is 11.5 Å². The van der Waals surface area contributed by atoms with Crippen LogP contribution in [0, 0.1) is 0 Å². The molecule has 0 aliphatic heterocycles. The Morgan fingerprint density at radius 3 is 2.67 bits per heavy atom. The number of para-hydroxylation sites is 1. The van der Waals surface area contributed by atoms with Crippen LogP contribution in [-0.4, -0.2) is 18.0 Å². The van der Waals surface area contributed by atoms with Gasteiger partial charge in [0.15, 0.2) is 5.78 Å². The van der Waals surface area contributed by atoms with Crippen molar-refractivity contribution in [2.45, 2.75) is 12.8 Å². The second kappa shape index (κ2) is 5.44. The van der Waals surface area contributed by atoms with Crippen LogP contribution in [-0.2, 0) is 17.6 Å². The van der Waals surface area contributed by atoms with Crippen molar-refractivity contribution in [3.63, 3.8) is 0 Å². The van der Waals surface area contributed by atoms with E-state index in [9.17, 15) is 9.90 Å². The Bertz CT molecular complexity index is 729. The highest BCUT2D eigenvalue weighted by atomic mass is 16.5. The summed E-state index contributed by atoms with van der Waals surface area (Å²) in [5, 5.41) is 10.4. The first kappa shape index (κ1) is 13.4. The van der Waals surface area contributed by atoms with Crippen molar-refractivity contribution < 1.29 is 14.6 Å². The van der Waals surface area contributed by atoms with Gasteiger partial charge in [0.05, 0.1) is 12.7 Å². The molecule has 0 aromatic heterocycles. The lowest BCUT2D eigenvalue weighted by atomic mass is 10.0. The molecule has 0 unspecified atom stereocenters. The van der Waals surface area contributed by atoms with E-state index in [1.807, 2.05) is 48.5 Å². The molecule has 1 aliphatic rings. The second-order valence-corrected chi connectivity index (χ2v) is 5.07. The Kier molecular flexibility index (Phi) is 3.48. The lowest BCUT2D eigenvalue weighted by Crippen LogP contribution is -2.02. The van der Waals surface area contributed by atoms with Crippen LogP contribution in [0.1, 0.15) is 16.7 Å². The second-order valence-electron chi connectivity index (χ2n) is 5.07. The van der Waals surface area contributed by atoms with Gasteiger partial charge in [-0.15, -0.1) is 0 Å². The van der Waals surface area contributed by atoms with Crippen LogP contribution in [0.5, 0.6) is 5.75 Å². The summed E-state index contributed by atoms with van der Waals surface area (Å²) in [6, 6.07) is 15.1. The Morgan fingerprint density at radius 2 is 1.86 bits per heavy atom. The van der Waals surface area contributed by atoms with Gasteiger partial charge in [-0.05, 0) is 17.2 Å². The predicted octanol–water partition coefficient (Wildman–Crippen LogP) is 3.33. The number of ketones is 1. The number of allylic oxidation sites excluding steroid dienone is 2. The smallest absolute Gasteiger partial charge is 0.171 e. The number of fused-ring (bicyclic) bond motifs is 1. The molecule has 0 saturated carbocycles. The Morgan fingerprint density at radius 1 is 1.14 bits per heavy atom. The number of rotatable bonds is 3. The van der Waals surface area contributed by atoms with Crippen LogP contribution in [0.2, 0.25) is 0 Å². The summed E-state index contributed by atoms with van der Waals surface area (Å²) < 4.78 is 5.29. The third-order valence-corrected chi connectivity index (χ3v) is 3.76. The molecule has 3 heteroatoms. The molecule has 3 nitrogen and oxygen atoms in total. The fourth-order valence-corrected chi connectivity index (χ4v) is 2.76. The van der Waals surface area contributed by atoms with Gasteiger partial charge in [0.1, 0.15) is 11.5 Å². The molecule has 0 heterocycles. The van der Waals surface area contributed by atoms with E-state index >= 15 is 0 Å². The Hall–Kier alpha value is -2.55. The van der Waals surface area contributed by atoms with Gasteiger partial charge in [-0.3, -0.25) is 4.79 Å². The number of hydrogen-bond acceptors (Lipinski definition) is 3. The maximum Gasteiger partial charge on any atom is 0.171 e. The van der Waals surface area contributed by atoms with Gasteiger partial charge in [-0.25, -0.2) is 0 Å². The first-order valence-electron chi connectivity index (χ1n) is 6.86. The number of carbonyl (C=O) groups excluding carboxylic acids is 1. The zero-order chi connectivity index (χ0) is 14.8. The van der Waals surface area contributed by atoms with E-state index in [0.717, 1.165) is 16.7 Å². The summed E-state index contributed by atoms with van der Waals surface area (Å²) in [5.41, 5.74) is 3.12. The van der Waals surface area contributed by atoms with E-state index in [4.69, 9.17) is 4.74 Å². The molecular formula is C18H16O3. The molecule has 0 atom stereocenters. The molecule has 0 spiro atoms. The molecule has 1 N–H and O–H groups in total. The van der Waals surface area contributed by atoms with Gasteiger partial charge in [0.2, 0.25) is 0 Å². The molecule has 0 saturated heterocycles. The van der Waals surface area contributed by atoms with Gasteiger partial charge in [-0.1, -0.05) is 42.5 Å². The van der Waals surface area contributed by atoms with Crippen molar-refractivity contribution in [1.29, 1.82) is 0 Å². The highest BCUT2D eigenvalue weighted by molar-refractivity contribution is 6.25. The summed E-state index contributed by atoms with van der Waals surface area (Å²) in [6.45, 7) is 0. The van der Waals surface area contributed by atoms with Crippen molar-refractivity contribution in [2.75, 3.05) is 7.11 Å². The van der Waals surface area contributed by atoms with Gasteiger partial charge in [-0.2, -0.15) is 0 Å². The van der Waals surface area contributed by atoms with E-state index < -0.39 is 0 Å². The molecule has 0 fully saturated rings. The van der Waals surface area contributed by atoms with Crippen LogP contribution in [0.4, 0.5) is 0 Å². The summed E-state index contributed by atoms with van der Waals surface area (Å²) >= 11 is 0. The molecule has 21 heavy (non-hydrogen) atoms. The van der Waals surface area contributed by atoms with Crippen LogP contribution in [0.3, 0.4) is 0 Å². The van der Waals surface area contributed by atoms with Crippen LogP contribution >= 0.6 is 0 Å².